The number of nitrogens with zero attached hydrogens (tertiary/aromatic N) is 6. The van der Waals surface area contributed by atoms with Gasteiger partial charge in [0.1, 0.15) is 0 Å². The van der Waals surface area contributed by atoms with Crippen LogP contribution in [0.1, 0.15) is 31.6 Å². The van der Waals surface area contributed by atoms with Crippen molar-refractivity contribution in [3.63, 3.8) is 0 Å². The molecule has 0 radical (unpaired) electrons. The number of ether oxygens (including phenoxy) is 1. The summed E-state index contributed by atoms with van der Waals surface area (Å²) in [6.45, 7) is 11.5. The zero-order valence-electron chi connectivity index (χ0n) is 20.5. The van der Waals surface area contributed by atoms with E-state index in [1.54, 1.807) is 12.4 Å². The van der Waals surface area contributed by atoms with Crippen molar-refractivity contribution in [2.45, 2.75) is 33.2 Å². The Bertz CT molecular complexity index is 1040. The van der Waals surface area contributed by atoms with Gasteiger partial charge in [0, 0.05) is 36.9 Å². The summed E-state index contributed by atoms with van der Waals surface area (Å²) in [6, 6.07) is 2.23. The Morgan fingerprint density at radius 3 is 2.47 bits per heavy atom. The van der Waals surface area contributed by atoms with Gasteiger partial charge in [-0.2, -0.15) is 0 Å². The monoisotopic (exact) mass is 484 g/mol. The smallest absolute Gasteiger partial charge is 0.219 e. The standard InChI is InChI=1S/C22H30N8OS.C2H6/c1-24-11-15-2-4-29(5-3-15)14-17-10-18-19(32-17)21(30-6-8-31-9-7-30)28-20(27-18)16-12-25-22(23)26-13-16;1-2/h10,12-13,15,24H,2-9,11,14H2,1H3,(H2,23,25,26);1-2H3. The van der Waals surface area contributed by atoms with Gasteiger partial charge in [-0.15, -0.1) is 11.3 Å². The van der Waals surface area contributed by atoms with Gasteiger partial charge >= 0.3 is 0 Å². The number of thiophene rings is 1. The summed E-state index contributed by atoms with van der Waals surface area (Å²) in [5.74, 6) is 2.66. The van der Waals surface area contributed by atoms with Gasteiger partial charge in [0.15, 0.2) is 11.6 Å². The van der Waals surface area contributed by atoms with Gasteiger partial charge in [-0.3, -0.25) is 4.90 Å². The quantitative estimate of drug-likeness (QED) is 0.546. The van der Waals surface area contributed by atoms with Crippen molar-refractivity contribution in [3.8, 4) is 11.4 Å². The van der Waals surface area contributed by atoms with Crippen molar-refractivity contribution in [1.82, 2.24) is 30.2 Å². The van der Waals surface area contributed by atoms with Crippen molar-refractivity contribution >= 4 is 33.3 Å². The highest BCUT2D eigenvalue weighted by molar-refractivity contribution is 7.19. The normalized spacial score (nSPS) is 17.6. The highest BCUT2D eigenvalue weighted by atomic mass is 32.1. The number of nitrogens with two attached hydrogens (primary N) is 1. The van der Waals surface area contributed by atoms with E-state index in [9.17, 15) is 0 Å². The number of nitrogens with one attached hydrogen (secondary N) is 1. The molecule has 0 amide bonds. The first kappa shape index (κ1) is 24.7. The van der Waals surface area contributed by atoms with Gasteiger partial charge < -0.3 is 20.7 Å². The third-order valence-corrected chi connectivity index (χ3v) is 7.33. The second-order valence-corrected chi connectivity index (χ2v) is 9.64. The van der Waals surface area contributed by atoms with Gasteiger partial charge in [0.2, 0.25) is 5.95 Å². The van der Waals surface area contributed by atoms with E-state index in [2.05, 4.69) is 31.2 Å². The number of hydrogen-bond donors (Lipinski definition) is 2. The van der Waals surface area contributed by atoms with E-state index in [0.717, 1.165) is 66.8 Å². The number of nitrogen functional groups attached to an aromatic ring is 1. The summed E-state index contributed by atoms with van der Waals surface area (Å²) in [5.41, 5.74) is 7.43. The van der Waals surface area contributed by atoms with Crippen LogP contribution in [0, 0.1) is 5.92 Å². The fourth-order valence-electron chi connectivity index (χ4n) is 4.47. The molecule has 2 aliphatic rings. The predicted molar refractivity (Wildman–Crippen MR) is 139 cm³/mol. The average Bonchev–Trinajstić information content (AvgIpc) is 3.29. The SMILES string of the molecule is CC.CNCC1CCN(Cc2cc3nc(-c4cnc(N)nc4)nc(N4CCOCC4)c3s2)CC1. The second kappa shape index (κ2) is 11.8. The highest BCUT2D eigenvalue weighted by Gasteiger charge is 2.23. The van der Waals surface area contributed by atoms with Crippen LogP contribution in [0.4, 0.5) is 11.8 Å². The molecule has 10 heteroatoms. The average molecular weight is 485 g/mol. The third-order valence-electron chi connectivity index (χ3n) is 6.22. The molecular formula is C24H36N8OS. The molecular weight excluding hydrogens is 448 g/mol. The van der Waals surface area contributed by atoms with E-state index in [-0.39, 0.29) is 5.95 Å². The Hall–Kier alpha value is -2.40. The molecule has 3 aromatic rings. The number of fused-ring (bicyclic) bond motifs is 1. The van der Waals surface area contributed by atoms with E-state index in [4.69, 9.17) is 20.4 Å². The Labute approximate surface area is 205 Å². The first-order valence-electron chi connectivity index (χ1n) is 12.3. The summed E-state index contributed by atoms with van der Waals surface area (Å²) in [6.07, 6.45) is 5.89. The first-order valence-corrected chi connectivity index (χ1v) is 13.1. The molecule has 5 rings (SSSR count). The number of anilines is 2. The highest BCUT2D eigenvalue weighted by Crippen LogP contribution is 2.35. The van der Waals surface area contributed by atoms with Crippen LogP contribution in [0.2, 0.25) is 0 Å². The van der Waals surface area contributed by atoms with Gasteiger partial charge in [-0.1, -0.05) is 13.8 Å². The molecule has 0 bridgehead atoms. The summed E-state index contributed by atoms with van der Waals surface area (Å²) in [4.78, 5) is 24.3. The van der Waals surface area contributed by atoms with Crippen LogP contribution in [0.25, 0.3) is 21.6 Å². The van der Waals surface area contributed by atoms with E-state index in [1.807, 2.05) is 32.2 Å². The number of rotatable bonds is 6. The molecule has 3 aromatic heterocycles. The van der Waals surface area contributed by atoms with Gasteiger partial charge in [-0.05, 0) is 51.5 Å². The maximum Gasteiger partial charge on any atom is 0.219 e. The van der Waals surface area contributed by atoms with Crippen LogP contribution < -0.4 is 16.0 Å². The van der Waals surface area contributed by atoms with Crippen molar-refractivity contribution < 1.29 is 4.74 Å². The zero-order chi connectivity index (χ0) is 23.9. The summed E-state index contributed by atoms with van der Waals surface area (Å²) < 4.78 is 6.71. The predicted octanol–water partition coefficient (Wildman–Crippen LogP) is 3.02. The van der Waals surface area contributed by atoms with Gasteiger partial charge in [-0.25, -0.2) is 19.9 Å². The summed E-state index contributed by atoms with van der Waals surface area (Å²) >= 11 is 1.82. The molecule has 2 saturated heterocycles. The number of piperidine rings is 1. The first-order chi connectivity index (χ1) is 16.7. The maximum atomic E-state index is 5.67. The van der Waals surface area contributed by atoms with Crippen molar-refractivity contribution in [2.75, 3.05) is 63.6 Å². The molecule has 0 saturated carbocycles. The third kappa shape index (κ3) is 5.80. The van der Waals surface area contributed by atoms with Crippen LogP contribution in [0.5, 0.6) is 0 Å². The number of likely N-dealkylation sites (tertiary alicyclic amines) is 1. The van der Waals surface area contributed by atoms with Gasteiger partial charge in [0.05, 0.1) is 29.0 Å². The zero-order valence-corrected chi connectivity index (χ0v) is 21.3. The van der Waals surface area contributed by atoms with Gasteiger partial charge in [0.25, 0.3) is 0 Å². The fraction of sp³-hybridized carbons (Fsp3) is 0.583. The van der Waals surface area contributed by atoms with Crippen molar-refractivity contribution in [1.29, 1.82) is 0 Å². The lowest BCUT2D eigenvalue weighted by atomic mass is 9.97. The lowest BCUT2D eigenvalue weighted by molar-refractivity contribution is 0.122. The molecule has 2 fully saturated rings. The minimum absolute atomic E-state index is 0.250. The number of hydrogen-bond acceptors (Lipinski definition) is 10. The lowest BCUT2D eigenvalue weighted by Crippen LogP contribution is -2.36. The van der Waals surface area contributed by atoms with Crippen LogP contribution >= 0.6 is 11.3 Å². The molecule has 2 aliphatic heterocycles. The van der Waals surface area contributed by atoms with E-state index < -0.39 is 0 Å². The molecule has 34 heavy (non-hydrogen) atoms. The van der Waals surface area contributed by atoms with Crippen LogP contribution in [-0.2, 0) is 11.3 Å². The van der Waals surface area contributed by atoms with E-state index in [0.29, 0.717) is 19.0 Å². The van der Waals surface area contributed by atoms with Crippen molar-refractivity contribution in [3.05, 3.63) is 23.3 Å². The number of morpholine rings is 1. The minimum atomic E-state index is 0.250. The molecule has 3 N–H and O–H groups in total. The Morgan fingerprint density at radius 1 is 1.09 bits per heavy atom. The second-order valence-electron chi connectivity index (χ2n) is 8.50. The maximum absolute atomic E-state index is 5.67. The summed E-state index contributed by atoms with van der Waals surface area (Å²) in [5, 5.41) is 3.32. The summed E-state index contributed by atoms with van der Waals surface area (Å²) in [7, 11) is 2.04. The largest absolute Gasteiger partial charge is 0.378 e. The van der Waals surface area contributed by atoms with Crippen LogP contribution in [0.15, 0.2) is 18.5 Å². The molecule has 0 spiro atoms. The molecule has 0 aromatic carbocycles. The van der Waals surface area contributed by atoms with Crippen LogP contribution in [0.3, 0.4) is 0 Å². The number of aromatic nitrogens is 4. The fourth-order valence-corrected chi connectivity index (χ4v) is 5.63. The van der Waals surface area contributed by atoms with E-state index in [1.165, 1.54) is 17.7 Å². The molecule has 0 atom stereocenters. The molecule has 0 unspecified atom stereocenters. The molecule has 5 heterocycles. The Balaban J connectivity index is 0.00000133. The Morgan fingerprint density at radius 2 is 1.79 bits per heavy atom. The molecule has 9 nitrogen and oxygen atoms in total. The Kier molecular flexibility index (Phi) is 8.60. The van der Waals surface area contributed by atoms with Crippen LogP contribution in [-0.4, -0.2) is 77.8 Å². The topological polar surface area (TPSA) is 105 Å². The van der Waals surface area contributed by atoms with E-state index >= 15 is 0 Å². The van der Waals surface area contributed by atoms with Crippen molar-refractivity contribution in [2.24, 2.45) is 5.92 Å². The lowest BCUT2D eigenvalue weighted by Gasteiger charge is -2.31. The minimum Gasteiger partial charge on any atom is -0.378 e. The molecule has 0 aliphatic carbocycles. The molecule has 184 valence electrons.